The van der Waals surface area contributed by atoms with Crippen molar-refractivity contribution in [2.45, 2.75) is 6.42 Å². The molecule has 0 aliphatic carbocycles. The molecule has 0 bridgehead atoms. The van der Waals surface area contributed by atoms with Crippen molar-refractivity contribution in [2.24, 2.45) is 0 Å². The third-order valence-corrected chi connectivity index (χ3v) is 9.40. The van der Waals surface area contributed by atoms with Crippen molar-refractivity contribution in [2.75, 3.05) is 59.7 Å². The number of methoxy groups -OCH3 is 1. The molecule has 3 heterocycles. The average Bonchev–Trinajstić information content (AvgIpc) is 3.66. The smallest absolute Gasteiger partial charge is 0.335 e. The van der Waals surface area contributed by atoms with Gasteiger partial charge in [-0.1, -0.05) is 36.1 Å². The SMILES string of the molecule is COc1cc(C(=O)O)ccc1OCCCN1C(=O)/C(=C/c2cc(-c3ccc4[nH]ccc4c3)ccc2OCCN2CCOCC2)SC1=S. The van der Waals surface area contributed by atoms with Crippen LogP contribution >= 0.6 is 24.0 Å². The highest BCUT2D eigenvalue weighted by Gasteiger charge is 2.32. The van der Waals surface area contributed by atoms with E-state index in [0.717, 1.165) is 60.4 Å². The molecular weight excluding hydrogens is 639 g/mol. The van der Waals surface area contributed by atoms with Crippen molar-refractivity contribution in [3.05, 3.63) is 82.9 Å². The number of fused-ring (bicyclic) bond motifs is 1. The van der Waals surface area contributed by atoms with E-state index in [1.54, 1.807) is 11.0 Å². The molecule has 2 fully saturated rings. The number of aromatic amines is 1. The van der Waals surface area contributed by atoms with Gasteiger partial charge in [0.2, 0.25) is 0 Å². The summed E-state index contributed by atoms with van der Waals surface area (Å²) in [6, 6.07) is 18.8. The van der Waals surface area contributed by atoms with E-state index in [1.807, 2.05) is 30.5 Å². The highest BCUT2D eigenvalue weighted by atomic mass is 32.2. The Morgan fingerprint density at radius 1 is 0.979 bits per heavy atom. The van der Waals surface area contributed by atoms with Gasteiger partial charge in [-0.15, -0.1) is 0 Å². The Morgan fingerprint density at radius 2 is 1.74 bits per heavy atom. The van der Waals surface area contributed by atoms with Crippen LogP contribution in [0.1, 0.15) is 22.3 Å². The third kappa shape index (κ3) is 7.79. The largest absolute Gasteiger partial charge is 0.493 e. The summed E-state index contributed by atoms with van der Waals surface area (Å²) in [5.41, 5.74) is 4.06. The topological polar surface area (TPSA) is 114 Å². The van der Waals surface area contributed by atoms with Gasteiger partial charge in [0.15, 0.2) is 11.5 Å². The molecule has 0 radical (unpaired) electrons. The number of hydrogen-bond acceptors (Lipinski definition) is 9. The number of aromatic carboxylic acids is 1. The molecule has 4 aromatic rings. The van der Waals surface area contributed by atoms with Crippen molar-refractivity contribution >= 4 is 57.2 Å². The van der Waals surface area contributed by atoms with Crippen LogP contribution in [0.25, 0.3) is 28.1 Å². The molecule has 2 saturated heterocycles. The number of carboxylic acids is 1. The molecule has 2 aliphatic rings. The first-order chi connectivity index (χ1) is 22.9. The van der Waals surface area contributed by atoms with Crippen LogP contribution in [0.5, 0.6) is 17.2 Å². The first-order valence-electron chi connectivity index (χ1n) is 15.3. The summed E-state index contributed by atoms with van der Waals surface area (Å²) >= 11 is 6.88. The fourth-order valence-electron chi connectivity index (χ4n) is 5.47. The number of thiocarbonyl (C=S) groups is 1. The second-order valence-corrected chi connectivity index (χ2v) is 12.7. The summed E-state index contributed by atoms with van der Waals surface area (Å²) < 4.78 is 23.4. The van der Waals surface area contributed by atoms with E-state index in [9.17, 15) is 14.7 Å². The van der Waals surface area contributed by atoms with Crippen LogP contribution in [0.15, 0.2) is 71.8 Å². The lowest BCUT2D eigenvalue weighted by atomic mass is 10.0. The minimum Gasteiger partial charge on any atom is -0.493 e. The molecule has 2 aliphatic heterocycles. The van der Waals surface area contributed by atoms with Crippen molar-refractivity contribution in [1.82, 2.24) is 14.8 Å². The quantitative estimate of drug-likeness (QED) is 0.101. The van der Waals surface area contributed by atoms with Crippen LogP contribution in [0, 0.1) is 0 Å². The summed E-state index contributed by atoms with van der Waals surface area (Å²) in [6.45, 7) is 5.18. The number of amides is 1. The van der Waals surface area contributed by atoms with E-state index in [-0.39, 0.29) is 18.1 Å². The molecule has 244 valence electrons. The van der Waals surface area contributed by atoms with Crippen molar-refractivity contribution < 1.29 is 33.6 Å². The van der Waals surface area contributed by atoms with Crippen LogP contribution in [-0.4, -0.2) is 95.8 Å². The van der Waals surface area contributed by atoms with Gasteiger partial charge in [0.25, 0.3) is 5.91 Å². The van der Waals surface area contributed by atoms with E-state index >= 15 is 0 Å². The number of carbonyl (C=O) groups excluding carboxylic acids is 1. The van der Waals surface area contributed by atoms with Gasteiger partial charge in [-0.25, -0.2) is 4.79 Å². The predicted molar refractivity (Wildman–Crippen MR) is 186 cm³/mol. The minimum atomic E-state index is -1.05. The zero-order valence-electron chi connectivity index (χ0n) is 25.9. The van der Waals surface area contributed by atoms with Crippen molar-refractivity contribution in [1.29, 1.82) is 0 Å². The molecule has 0 saturated carbocycles. The monoisotopic (exact) mass is 673 g/mol. The van der Waals surface area contributed by atoms with E-state index in [0.29, 0.717) is 46.0 Å². The van der Waals surface area contributed by atoms with Gasteiger partial charge in [-0.2, -0.15) is 0 Å². The fourth-order valence-corrected chi connectivity index (χ4v) is 6.77. The molecule has 0 unspecified atom stereocenters. The van der Waals surface area contributed by atoms with Crippen LogP contribution in [0.2, 0.25) is 0 Å². The summed E-state index contributed by atoms with van der Waals surface area (Å²) in [4.78, 5) is 32.5. The third-order valence-electron chi connectivity index (χ3n) is 8.02. The second-order valence-electron chi connectivity index (χ2n) is 11.0. The second kappa shape index (κ2) is 15.0. The molecule has 1 amide bonds. The maximum atomic E-state index is 13.6. The van der Waals surface area contributed by atoms with Crippen LogP contribution in [0.4, 0.5) is 0 Å². The van der Waals surface area contributed by atoms with E-state index in [2.05, 4.69) is 34.1 Å². The van der Waals surface area contributed by atoms with Crippen LogP contribution in [-0.2, 0) is 9.53 Å². The number of nitrogens with one attached hydrogen (secondary N) is 1. The summed E-state index contributed by atoms with van der Waals surface area (Å²) in [6.07, 6.45) is 4.30. The molecule has 10 nitrogen and oxygen atoms in total. The molecule has 1 aromatic heterocycles. The molecular formula is C35H35N3O7S2. The van der Waals surface area contributed by atoms with Gasteiger partial charge in [-0.05, 0) is 77.5 Å². The van der Waals surface area contributed by atoms with E-state index < -0.39 is 5.97 Å². The van der Waals surface area contributed by atoms with Gasteiger partial charge in [0.1, 0.15) is 16.7 Å². The fraction of sp³-hybridized carbons (Fsp3) is 0.286. The number of rotatable bonds is 13. The number of hydrogen-bond donors (Lipinski definition) is 2. The predicted octanol–water partition coefficient (Wildman–Crippen LogP) is 5.92. The Labute approximate surface area is 282 Å². The zero-order valence-corrected chi connectivity index (χ0v) is 27.5. The molecule has 3 aromatic carbocycles. The first kappa shape index (κ1) is 32.6. The summed E-state index contributed by atoms with van der Waals surface area (Å²) in [5, 5.41) is 10.3. The van der Waals surface area contributed by atoms with Crippen LogP contribution in [0.3, 0.4) is 0 Å². The number of carboxylic acid groups (broad SMARTS) is 1. The zero-order chi connectivity index (χ0) is 32.8. The number of nitrogens with zero attached hydrogens (tertiary/aromatic N) is 2. The maximum absolute atomic E-state index is 13.6. The Balaban J connectivity index is 1.16. The lowest BCUT2D eigenvalue weighted by Gasteiger charge is -2.26. The molecule has 47 heavy (non-hydrogen) atoms. The van der Waals surface area contributed by atoms with Crippen LogP contribution < -0.4 is 14.2 Å². The number of morpholine rings is 1. The van der Waals surface area contributed by atoms with Gasteiger partial charge in [0, 0.05) is 43.5 Å². The van der Waals surface area contributed by atoms with E-state index in [4.69, 9.17) is 31.2 Å². The number of carbonyl (C=O) groups is 2. The number of aromatic nitrogens is 1. The highest BCUT2D eigenvalue weighted by molar-refractivity contribution is 8.26. The maximum Gasteiger partial charge on any atom is 0.335 e. The Bertz CT molecular complexity index is 1820. The lowest BCUT2D eigenvalue weighted by Crippen LogP contribution is -2.38. The normalized spacial score (nSPS) is 16.3. The molecule has 12 heteroatoms. The lowest BCUT2D eigenvalue weighted by molar-refractivity contribution is -0.122. The Hall–Kier alpha value is -4.36. The van der Waals surface area contributed by atoms with Crippen molar-refractivity contribution in [3.63, 3.8) is 0 Å². The van der Waals surface area contributed by atoms with Gasteiger partial charge in [-0.3, -0.25) is 14.6 Å². The molecule has 6 rings (SSSR count). The Kier molecular flexibility index (Phi) is 10.4. The summed E-state index contributed by atoms with van der Waals surface area (Å²) in [5.74, 6) is 0.248. The van der Waals surface area contributed by atoms with Gasteiger partial charge >= 0.3 is 5.97 Å². The van der Waals surface area contributed by atoms with Gasteiger partial charge in [0.05, 0.1) is 37.4 Å². The number of benzene rings is 3. The van der Waals surface area contributed by atoms with Gasteiger partial charge < -0.3 is 29.0 Å². The molecule has 0 atom stereocenters. The number of thioether (sulfide) groups is 1. The number of ether oxygens (including phenoxy) is 4. The standard InChI is InChI=1S/C35H35N3O7S2/c1-42-31-21-26(34(40)41)5-8-30(31)44-15-2-11-38-33(39)32(47-35(38)46)22-27-20-24(23-3-6-28-25(19-23)9-10-36-28)4-7-29(27)45-18-14-37-12-16-43-17-13-37/h3-10,19-22,36H,2,11-18H2,1H3,(H,40,41)/b32-22-. The van der Waals surface area contributed by atoms with E-state index in [1.165, 1.54) is 31.0 Å². The number of H-pyrrole nitrogens is 1. The first-order valence-corrected chi connectivity index (χ1v) is 16.6. The minimum absolute atomic E-state index is 0.108. The highest BCUT2D eigenvalue weighted by Crippen LogP contribution is 2.36. The average molecular weight is 674 g/mol. The molecule has 2 N–H and O–H groups in total. The van der Waals surface area contributed by atoms with Crippen molar-refractivity contribution in [3.8, 4) is 28.4 Å². The molecule has 0 spiro atoms. The Morgan fingerprint density at radius 3 is 2.55 bits per heavy atom. The summed E-state index contributed by atoms with van der Waals surface area (Å²) in [7, 11) is 1.46.